The molecule has 6 nitrogen and oxygen atoms in total. The second-order valence-electron chi connectivity index (χ2n) is 5.78. The highest BCUT2D eigenvalue weighted by Crippen LogP contribution is 2.22. The standard InChI is InChI=1S/C13H23N3O3S/c1-9(2)7-13(3,17)8-16-11-4-10(14)5-12(6-11)20(15,18)19/h4-6,9,16-17H,7-8,14H2,1-3H3,(H2,15,18,19). The molecule has 0 aromatic heterocycles. The van der Waals surface area contributed by atoms with E-state index in [9.17, 15) is 13.5 Å². The van der Waals surface area contributed by atoms with E-state index in [0.717, 1.165) is 0 Å². The molecule has 0 heterocycles. The van der Waals surface area contributed by atoms with Crippen molar-refractivity contribution in [1.29, 1.82) is 0 Å². The van der Waals surface area contributed by atoms with Crippen molar-refractivity contribution >= 4 is 21.4 Å². The number of benzene rings is 1. The van der Waals surface area contributed by atoms with Crippen molar-refractivity contribution in [3.63, 3.8) is 0 Å². The quantitative estimate of drug-likeness (QED) is 0.587. The molecule has 7 heteroatoms. The van der Waals surface area contributed by atoms with Gasteiger partial charge in [-0.15, -0.1) is 0 Å². The molecular formula is C13H23N3O3S. The summed E-state index contributed by atoms with van der Waals surface area (Å²) >= 11 is 0. The van der Waals surface area contributed by atoms with Gasteiger partial charge in [0, 0.05) is 17.9 Å². The van der Waals surface area contributed by atoms with Gasteiger partial charge >= 0.3 is 0 Å². The summed E-state index contributed by atoms with van der Waals surface area (Å²) < 4.78 is 22.7. The van der Waals surface area contributed by atoms with E-state index in [1.807, 2.05) is 13.8 Å². The van der Waals surface area contributed by atoms with Gasteiger partial charge in [0.2, 0.25) is 10.0 Å². The zero-order chi connectivity index (χ0) is 15.6. The Morgan fingerprint density at radius 2 is 1.95 bits per heavy atom. The summed E-state index contributed by atoms with van der Waals surface area (Å²) in [4.78, 5) is -0.0523. The third-order valence-corrected chi connectivity index (χ3v) is 3.67. The molecule has 0 aliphatic carbocycles. The normalized spacial score (nSPS) is 15.1. The number of hydrogen-bond acceptors (Lipinski definition) is 5. The van der Waals surface area contributed by atoms with Crippen LogP contribution in [0.25, 0.3) is 0 Å². The molecule has 6 N–H and O–H groups in total. The van der Waals surface area contributed by atoms with Gasteiger partial charge < -0.3 is 16.2 Å². The Balaban J connectivity index is 2.86. The van der Waals surface area contributed by atoms with Crippen LogP contribution in [0.1, 0.15) is 27.2 Å². The zero-order valence-electron chi connectivity index (χ0n) is 12.1. The van der Waals surface area contributed by atoms with Crippen LogP contribution in [0.4, 0.5) is 11.4 Å². The number of nitrogens with one attached hydrogen (secondary N) is 1. The molecule has 1 aromatic rings. The molecule has 114 valence electrons. The zero-order valence-corrected chi connectivity index (χ0v) is 12.9. The second kappa shape index (κ2) is 5.99. The summed E-state index contributed by atoms with van der Waals surface area (Å²) in [5.41, 5.74) is 5.57. The molecule has 1 aromatic carbocycles. The fourth-order valence-electron chi connectivity index (χ4n) is 2.13. The fourth-order valence-corrected chi connectivity index (χ4v) is 2.72. The van der Waals surface area contributed by atoms with Crippen molar-refractivity contribution in [2.75, 3.05) is 17.6 Å². The minimum Gasteiger partial charge on any atom is -0.399 e. The number of sulfonamides is 1. The van der Waals surface area contributed by atoms with Gasteiger partial charge in [-0.3, -0.25) is 0 Å². The highest BCUT2D eigenvalue weighted by Gasteiger charge is 2.21. The van der Waals surface area contributed by atoms with E-state index in [4.69, 9.17) is 10.9 Å². The van der Waals surface area contributed by atoms with Crippen molar-refractivity contribution in [1.82, 2.24) is 0 Å². The summed E-state index contributed by atoms with van der Waals surface area (Å²) in [6.07, 6.45) is 0.629. The minimum absolute atomic E-state index is 0.0523. The van der Waals surface area contributed by atoms with E-state index in [0.29, 0.717) is 30.3 Å². The summed E-state index contributed by atoms with van der Waals surface area (Å²) in [7, 11) is -3.80. The smallest absolute Gasteiger partial charge is 0.238 e. The van der Waals surface area contributed by atoms with E-state index < -0.39 is 15.6 Å². The molecule has 0 fully saturated rings. The molecule has 0 amide bonds. The van der Waals surface area contributed by atoms with Crippen LogP contribution in [0.3, 0.4) is 0 Å². The van der Waals surface area contributed by atoms with Crippen molar-refractivity contribution in [3.05, 3.63) is 18.2 Å². The highest BCUT2D eigenvalue weighted by atomic mass is 32.2. The third kappa shape index (κ3) is 5.36. The predicted octanol–water partition coefficient (Wildman–Crippen LogP) is 1.13. The molecular weight excluding hydrogens is 278 g/mol. The van der Waals surface area contributed by atoms with Crippen LogP contribution in [0.2, 0.25) is 0 Å². The Labute approximate surface area is 120 Å². The number of anilines is 2. The Hall–Kier alpha value is -1.31. The predicted molar refractivity (Wildman–Crippen MR) is 80.8 cm³/mol. The lowest BCUT2D eigenvalue weighted by atomic mass is 9.94. The maximum Gasteiger partial charge on any atom is 0.238 e. The highest BCUT2D eigenvalue weighted by molar-refractivity contribution is 7.89. The lowest BCUT2D eigenvalue weighted by Gasteiger charge is -2.26. The van der Waals surface area contributed by atoms with E-state index in [1.54, 1.807) is 13.0 Å². The van der Waals surface area contributed by atoms with Crippen LogP contribution in [-0.2, 0) is 10.0 Å². The summed E-state index contributed by atoms with van der Waals surface area (Å²) in [5, 5.41) is 18.3. The molecule has 1 unspecified atom stereocenters. The van der Waals surface area contributed by atoms with Gasteiger partial charge in [0.1, 0.15) is 0 Å². The first-order valence-electron chi connectivity index (χ1n) is 6.39. The first-order chi connectivity index (χ1) is 8.99. The largest absolute Gasteiger partial charge is 0.399 e. The van der Waals surface area contributed by atoms with Crippen LogP contribution in [0, 0.1) is 5.92 Å². The molecule has 0 radical (unpaired) electrons. The lowest BCUT2D eigenvalue weighted by molar-refractivity contribution is 0.0515. The van der Waals surface area contributed by atoms with Crippen molar-refractivity contribution in [2.24, 2.45) is 11.1 Å². The molecule has 0 aliphatic heterocycles. The summed E-state index contributed by atoms with van der Waals surface area (Å²) in [6.45, 7) is 6.06. The molecule has 0 spiro atoms. The SMILES string of the molecule is CC(C)CC(C)(O)CNc1cc(N)cc(S(N)(=O)=O)c1. The van der Waals surface area contributed by atoms with E-state index in [-0.39, 0.29) is 4.90 Å². The average molecular weight is 301 g/mol. The summed E-state index contributed by atoms with van der Waals surface area (Å²) in [6, 6.07) is 4.30. The van der Waals surface area contributed by atoms with Gasteiger partial charge in [0.15, 0.2) is 0 Å². The van der Waals surface area contributed by atoms with Crippen LogP contribution in [-0.4, -0.2) is 25.7 Å². The van der Waals surface area contributed by atoms with Gasteiger partial charge in [-0.25, -0.2) is 13.6 Å². The number of aliphatic hydroxyl groups is 1. The van der Waals surface area contributed by atoms with E-state index >= 15 is 0 Å². The maximum absolute atomic E-state index is 11.3. The average Bonchev–Trinajstić information content (AvgIpc) is 2.23. The fraction of sp³-hybridized carbons (Fsp3) is 0.538. The number of nitrogen functional groups attached to an aromatic ring is 1. The Morgan fingerprint density at radius 3 is 2.45 bits per heavy atom. The number of rotatable bonds is 6. The molecule has 1 rings (SSSR count). The van der Waals surface area contributed by atoms with E-state index in [2.05, 4.69) is 5.32 Å². The Morgan fingerprint density at radius 1 is 1.35 bits per heavy atom. The van der Waals surface area contributed by atoms with Crippen LogP contribution in [0.15, 0.2) is 23.1 Å². The van der Waals surface area contributed by atoms with Crippen molar-refractivity contribution in [2.45, 2.75) is 37.7 Å². The first kappa shape index (κ1) is 16.7. The Bertz CT molecular complexity index is 568. The summed E-state index contributed by atoms with van der Waals surface area (Å²) in [5.74, 6) is 0.354. The molecule has 0 saturated carbocycles. The van der Waals surface area contributed by atoms with Gasteiger partial charge in [-0.2, -0.15) is 0 Å². The van der Waals surface area contributed by atoms with Crippen molar-refractivity contribution in [3.8, 4) is 0 Å². The van der Waals surface area contributed by atoms with Crippen molar-refractivity contribution < 1.29 is 13.5 Å². The number of hydrogen-bond donors (Lipinski definition) is 4. The van der Waals surface area contributed by atoms with Gasteiger partial charge in [0.25, 0.3) is 0 Å². The van der Waals surface area contributed by atoms with Crippen LogP contribution < -0.4 is 16.2 Å². The van der Waals surface area contributed by atoms with Crippen LogP contribution >= 0.6 is 0 Å². The first-order valence-corrected chi connectivity index (χ1v) is 7.94. The second-order valence-corrected chi connectivity index (χ2v) is 7.35. The van der Waals surface area contributed by atoms with Gasteiger partial charge in [-0.1, -0.05) is 13.8 Å². The maximum atomic E-state index is 11.3. The van der Waals surface area contributed by atoms with Gasteiger partial charge in [-0.05, 0) is 37.5 Å². The molecule has 0 bridgehead atoms. The molecule has 20 heavy (non-hydrogen) atoms. The molecule has 1 atom stereocenters. The minimum atomic E-state index is -3.80. The van der Waals surface area contributed by atoms with Crippen LogP contribution in [0.5, 0.6) is 0 Å². The van der Waals surface area contributed by atoms with E-state index in [1.165, 1.54) is 12.1 Å². The Kier molecular flexibility index (Phi) is 5.01. The molecule has 0 aliphatic rings. The van der Waals surface area contributed by atoms with Gasteiger partial charge in [0.05, 0.1) is 10.5 Å². The number of nitrogens with two attached hydrogens (primary N) is 2. The third-order valence-electron chi connectivity index (χ3n) is 2.78. The topological polar surface area (TPSA) is 118 Å². The molecule has 0 saturated heterocycles. The lowest BCUT2D eigenvalue weighted by Crippen LogP contribution is -2.34. The monoisotopic (exact) mass is 301 g/mol. The number of primary sulfonamides is 1.